The Labute approximate surface area is 173 Å². The van der Waals surface area contributed by atoms with E-state index < -0.39 is 0 Å². The third-order valence-electron chi connectivity index (χ3n) is 5.20. The van der Waals surface area contributed by atoms with Gasteiger partial charge in [-0.2, -0.15) is 0 Å². The van der Waals surface area contributed by atoms with Crippen LogP contribution in [-0.2, 0) is 4.74 Å². The number of anilines is 1. The molecule has 4 heterocycles. The molecule has 150 valence electrons. The van der Waals surface area contributed by atoms with Gasteiger partial charge in [0.1, 0.15) is 17.1 Å². The molecule has 4 aromatic rings. The number of aromatic nitrogens is 2. The van der Waals surface area contributed by atoms with Crippen LogP contribution in [0.4, 0.5) is 5.82 Å². The summed E-state index contributed by atoms with van der Waals surface area (Å²) in [5.74, 6) is 1.13. The standard InChI is InChI=1S/C23H20N4O3/c24-21-5-4-17(14-26-21)20-13-19-22(30-20)18(6-7-25-19)15-2-1-3-16(12-15)23(28)27-8-10-29-11-9-27/h1-7,12-14H,8-11H2,(H2,24,26). The number of amides is 1. The Morgan fingerprint density at radius 2 is 1.87 bits per heavy atom. The lowest BCUT2D eigenvalue weighted by atomic mass is 10.0. The SMILES string of the molecule is Nc1ccc(-c2cc3nccc(-c4cccc(C(=O)N5CCOCC5)c4)c3o2)cn1. The monoisotopic (exact) mass is 400 g/mol. The van der Waals surface area contributed by atoms with Crippen LogP contribution in [0, 0.1) is 0 Å². The number of morpholine rings is 1. The van der Waals surface area contributed by atoms with Gasteiger partial charge >= 0.3 is 0 Å². The molecule has 0 bridgehead atoms. The highest BCUT2D eigenvalue weighted by molar-refractivity contribution is 5.98. The van der Waals surface area contributed by atoms with Crippen molar-refractivity contribution in [3.8, 4) is 22.5 Å². The fourth-order valence-corrected chi connectivity index (χ4v) is 3.63. The Bertz CT molecular complexity index is 1210. The molecule has 7 nitrogen and oxygen atoms in total. The van der Waals surface area contributed by atoms with Crippen LogP contribution in [0.25, 0.3) is 33.6 Å². The summed E-state index contributed by atoms with van der Waals surface area (Å²) in [6.07, 6.45) is 3.42. The topological polar surface area (TPSA) is 94.5 Å². The molecule has 3 aromatic heterocycles. The average molecular weight is 400 g/mol. The zero-order valence-electron chi connectivity index (χ0n) is 16.2. The molecule has 1 aromatic carbocycles. The third kappa shape index (κ3) is 3.40. The third-order valence-corrected chi connectivity index (χ3v) is 5.20. The summed E-state index contributed by atoms with van der Waals surface area (Å²) in [5.41, 5.74) is 10.3. The molecule has 1 amide bonds. The maximum absolute atomic E-state index is 12.9. The number of hydrogen-bond acceptors (Lipinski definition) is 6. The number of nitrogens with zero attached hydrogens (tertiary/aromatic N) is 3. The fourth-order valence-electron chi connectivity index (χ4n) is 3.63. The number of furan rings is 1. The predicted octanol–water partition coefficient (Wildman–Crippen LogP) is 3.61. The quantitative estimate of drug-likeness (QED) is 0.565. The van der Waals surface area contributed by atoms with E-state index in [0.717, 1.165) is 22.2 Å². The average Bonchev–Trinajstić information content (AvgIpc) is 3.24. The van der Waals surface area contributed by atoms with Gasteiger partial charge in [-0.25, -0.2) is 4.98 Å². The summed E-state index contributed by atoms with van der Waals surface area (Å²) in [4.78, 5) is 23.3. The van der Waals surface area contributed by atoms with E-state index in [9.17, 15) is 4.79 Å². The van der Waals surface area contributed by atoms with Gasteiger partial charge < -0.3 is 19.8 Å². The van der Waals surface area contributed by atoms with E-state index in [2.05, 4.69) is 9.97 Å². The van der Waals surface area contributed by atoms with Crippen molar-refractivity contribution < 1.29 is 13.9 Å². The van der Waals surface area contributed by atoms with E-state index >= 15 is 0 Å². The van der Waals surface area contributed by atoms with Crippen LogP contribution in [0.5, 0.6) is 0 Å². The first-order valence-corrected chi connectivity index (χ1v) is 9.77. The molecule has 1 saturated heterocycles. The number of nitrogens with two attached hydrogens (primary N) is 1. The second-order valence-electron chi connectivity index (χ2n) is 7.14. The van der Waals surface area contributed by atoms with Gasteiger partial charge in [-0.15, -0.1) is 0 Å². The lowest BCUT2D eigenvalue weighted by Crippen LogP contribution is -2.40. The molecular weight excluding hydrogens is 380 g/mol. The van der Waals surface area contributed by atoms with E-state index in [1.165, 1.54) is 0 Å². The lowest BCUT2D eigenvalue weighted by Gasteiger charge is -2.27. The van der Waals surface area contributed by atoms with Crippen molar-refractivity contribution in [2.24, 2.45) is 0 Å². The summed E-state index contributed by atoms with van der Waals surface area (Å²) in [6, 6.07) is 15.0. The van der Waals surface area contributed by atoms with Crippen LogP contribution in [0.3, 0.4) is 0 Å². The van der Waals surface area contributed by atoms with Gasteiger partial charge in [0.25, 0.3) is 5.91 Å². The van der Waals surface area contributed by atoms with Crippen LogP contribution < -0.4 is 5.73 Å². The number of nitrogen functional groups attached to an aromatic ring is 1. The van der Waals surface area contributed by atoms with Crippen molar-refractivity contribution in [2.75, 3.05) is 32.0 Å². The van der Waals surface area contributed by atoms with Gasteiger partial charge in [0, 0.05) is 48.2 Å². The van der Waals surface area contributed by atoms with Crippen molar-refractivity contribution in [2.45, 2.75) is 0 Å². The van der Waals surface area contributed by atoms with Crippen molar-refractivity contribution in [1.82, 2.24) is 14.9 Å². The van der Waals surface area contributed by atoms with Crippen LogP contribution in [0.1, 0.15) is 10.4 Å². The van der Waals surface area contributed by atoms with Gasteiger partial charge in [-0.3, -0.25) is 9.78 Å². The molecule has 1 fully saturated rings. The molecule has 7 heteroatoms. The highest BCUT2D eigenvalue weighted by Gasteiger charge is 2.19. The Morgan fingerprint density at radius 3 is 2.67 bits per heavy atom. The number of fused-ring (bicyclic) bond motifs is 1. The normalized spacial score (nSPS) is 14.2. The lowest BCUT2D eigenvalue weighted by molar-refractivity contribution is 0.0303. The smallest absolute Gasteiger partial charge is 0.254 e. The van der Waals surface area contributed by atoms with E-state index in [1.807, 2.05) is 47.4 Å². The minimum Gasteiger partial charge on any atom is -0.454 e. The number of benzene rings is 1. The van der Waals surface area contributed by atoms with E-state index in [4.69, 9.17) is 14.9 Å². The molecule has 0 aliphatic carbocycles. The Morgan fingerprint density at radius 1 is 1.00 bits per heavy atom. The Balaban J connectivity index is 1.53. The highest BCUT2D eigenvalue weighted by atomic mass is 16.5. The molecule has 1 aliphatic heterocycles. The van der Waals surface area contributed by atoms with Crippen LogP contribution in [0.2, 0.25) is 0 Å². The van der Waals surface area contributed by atoms with E-state index in [1.54, 1.807) is 18.5 Å². The second-order valence-corrected chi connectivity index (χ2v) is 7.14. The van der Waals surface area contributed by atoms with Gasteiger partial charge in [0.15, 0.2) is 5.58 Å². The minimum absolute atomic E-state index is 0.0125. The van der Waals surface area contributed by atoms with E-state index in [0.29, 0.717) is 49.0 Å². The fraction of sp³-hybridized carbons (Fsp3) is 0.174. The summed E-state index contributed by atoms with van der Waals surface area (Å²) in [6.45, 7) is 2.37. The summed E-state index contributed by atoms with van der Waals surface area (Å²) in [7, 11) is 0. The maximum atomic E-state index is 12.9. The summed E-state index contributed by atoms with van der Waals surface area (Å²) in [5, 5.41) is 0. The van der Waals surface area contributed by atoms with Crippen molar-refractivity contribution in [3.05, 3.63) is 66.5 Å². The molecule has 0 unspecified atom stereocenters. The van der Waals surface area contributed by atoms with Crippen molar-refractivity contribution in [1.29, 1.82) is 0 Å². The van der Waals surface area contributed by atoms with Crippen LogP contribution >= 0.6 is 0 Å². The van der Waals surface area contributed by atoms with Crippen LogP contribution in [-0.4, -0.2) is 47.1 Å². The zero-order chi connectivity index (χ0) is 20.5. The first-order chi connectivity index (χ1) is 14.7. The van der Waals surface area contributed by atoms with Crippen molar-refractivity contribution in [3.63, 3.8) is 0 Å². The van der Waals surface area contributed by atoms with Gasteiger partial charge in [-0.1, -0.05) is 12.1 Å². The number of carbonyl (C=O) groups excluding carboxylic acids is 1. The first kappa shape index (κ1) is 18.3. The molecule has 5 rings (SSSR count). The molecule has 2 N–H and O–H groups in total. The largest absolute Gasteiger partial charge is 0.454 e. The minimum atomic E-state index is 0.0125. The van der Waals surface area contributed by atoms with Gasteiger partial charge in [0.05, 0.1) is 13.2 Å². The molecule has 1 aliphatic rings. The first-order valence-electron chi connectivity index (χ1n) is 9.77. The van der Waals surface area contributed by atoms with Gasteiger partial charge in [0.2, 0.25) is 0 Å². The molecular formula is C23H20N4O3. The summed E-state index contributed by atoms with van der Waals surface area (Å²) >= 11 is 0. The summed E-state index contributed by atoms with van der Waals surface area (Å²) < 4.78 is 11.5. The van der Waals surface area contributed by atoms with Gasteiger partial charge in [-0.05, 0) is 35.9 Å². The Kier molecular flexibility index (Phi) is 4.65. The molecule has 0 saturated carbocycles. The van der Waals surface area contributed by atoms with Crippen LogP contribution in [0.15, 0.2) is 65.3 Å². The van der Waals surface area contributed by atoms with E-state index in [-0.39, 0.29) is 5.91 Å². The second kappa shape index (κ2) is 7.61. The number of carbonyl (C=O) groups is 1. The molecule has 0 radical (unpaired) electrons. The maximum Gasteiger partial charge on any atom is 0.254 e. The number of ether oxygens (including phenoxy) is 1. The van der Waals surface area contributed by atoms with Crippen molar-refractivity contribution >= 4 is 22.8 Å². The highest BCUT2D eigenvalue weighted by Crippen LogP contribution is 2.33. The molecule has 30 heavy (non-hydrogen) atoms. The number of hydrogen-bond donors (Lipinski definition) is 1. The molecule has 0 atom stereocenters. The molecule has 0 spiro atoms. The Hall–Kier alpha value is -3.71. The predicted molar refractivity (Wildman–Crippen MR) is 114 cm³/mol. The number of rotatable bonds is 3. The number of pyridine rings is 2. The zero-order valence-corrected chi connectivity index (χ0v) is 16.2.